The van der Waals surface area contributed by atoms with Gasteiger partial charge in [0.25, 0.3) is 5.91 Å². The second kappa shape index (κ2) is 8.73. The Kier molecular flexibility index (Phi) is 6.14. The van der Waals surface area contributed by atoms with Crippen LogP contribution >= 0.6 is 0 Å². The lowest BCUT2D eigenvalue weighted by Gasteiger charge is -2.28. The standard InChI is InChI=1S/C18H25N5O2/c1-22-10-7-15(8-11-22)25-12-4-9-19-18(24)16-5-2-3-6-17(16)23-13-20-21-14-23/h2-3,5-6,13-15H,4,7-12H2,1H3,(H,19,24). The van der Waals surface area contributed by atoms with Crippen LogP contribution in [0.3, 0.4) is 0 Å². The molecule has 1 fully saturated rings. The Hall–Kier alpha value is -2.25. The van der Waals surface area contributed by atoms with E-state index in [2.05, 4.69) is 27.5 Å². The number of nitrogens with one attached hydrogen (secondary N) is 1. The smallest absolute Gasteiger partial charge is 0.253 e. The average molecular weight is 343 g/mol. The van der Waals surface area contributed by atoms with Crippen LogP contribution in [0.25, 0.3) is 5.69 Å². The molecule has 0 bridgehead atoms. The van der Waals surface area contributed by atoms with E-state index in [4.69, 9.17) is 4.74 Å². The highest BCUT2D eigenvalue weighted by molar-refractivity contribution is 5.97. The summed E-state index contributed by atoms with van der Waals surface area (Å²) in [5.74, 6) is -0.0939. The zero-order chi connectivity index (χ0) is 17.5. The minimum atomic E-state index is -0.0939. The lowest BCUT2D eigenvalue weighted by Crippen LogP contribution is -2.34. The normalized spacial score (nSPS) is 16.0. The summed E-state index contributed by atoms with van der Waals surface area (Å²) >= 11 is 0. The maximum absolute atomic E-state index is 12.5. The average Bonchev–Trinajstić information content (AvgIpc) is 3.17. The zero-order valence-corrected chi connectivity index (χ0v) is 14.6. The van der Waals surface area contributed by atoms with E-state index in [0.717, 1.165) is 38.0 Å². The first-order valence-corrected chi connectivity index (χ1v) is 8.76. The molecule has 0 radical (unpaired) electrons. The molecule has 1 aliphatic heterocycles. The number of aromatic nitrogens is 3. The molecule has 1 saturated heterocycles. The van der Waals surface area contributed by atoms with Gasteiger partial charge in [0.2, 0.25) is 0 Å². The molecule has 7 heteroatoms. The first-order chi connectivity index (χ1) is 12.2. The van der Waals surface area contributed by atoms with E-state index in [-0.39, 0.29) is 5.91 Å². The summed E-state index contributed by atoms with van der Waals surface area (Å²) in [6.45, 7) is 3.48. The highest BCUT2D eigenvalue weighted by Gasteiger charge is 2.16. The number of carbonyl (C=O) groups is 1. The van der Waals surface area contributed by atoms with Gasteiger partial charge in [0.05, 0.1) is 17.4 Å². The minimum Gasteiger partial charge on any atom is -0.378 e. The summed E-state index contributed by atoms with van der Waals surface area (Å²) < 4.78 is 7.64. The highest BCUT2D eigenvalue weighted by atomic mass is 16.5. The Morgan fingerprint density at radius 2 is 1.96 bits per heavy atom. The molecule has 0 saturated carbocycles. The molecule has 25 heavy (non-hydrogen) atoms. The highest BCUT2D eigenvalue weighted by Crippen LogP contribution is 2.14. The third kappa shape index (κ3) is 4.87. The Morgan fingerprint density at radius 1 is 1.24 bits per heavy atom. The number of nitrogens with zero attached hydrogens (tertiary/aromatic N) is 4. The van der Waals surface area contributed by atoms with Crippen LogP contribution in [0.2, 0.25) is 0 Å². The third-order valence-electron chi connectivity index (χ3n) is 4.47. The number of likely N-dealkylation sites (tertiary alicyclic amines) is 1. The molecule has 0 unspecified atom stereocenters. The van der Waals surface area contributed by atoms with Gasteiger partial charge in [0.1, 0.15) is 12.7 Å². The summed E-state index contributed by atoms with van der Waals surface area (Å²) in [4.78, 5) is 14.8. The fourth-order valence-electron chi connectivity index (χ4n) is 2.99. The topological polar surface area (TPSA) is 72.3 Å². The molecule has 1 aliphatic rings. The molecule has 1 amide bonds. The van der Waals surface area contributed by atoms with Crippen LogP contribution in [0, 0.1) is 0 Å². The molecule has 1 aromatic carbocycles. The Bertz CT molecular complexity index is 666. The van der Waals surface area contributed by atoms with Crippen molar-refractivity contribution in [1.82, 2.24) is 25.0 Å². The fraction of sp³-hybridized carbons (Fsp3) is 0.500. The maximum atomic E-state index is 12.5. The number of hydrogen-bond donors (Lipinski definition) is 1. The quantitative estimate of drug-likeness (QED) is 0.772. The number of benzene rings is 1. The van der Waals surface area contributed by atoms with Crippen LogP contribution in [-0.4, -0.2) is 65.0 Å². The van der Waals surface area contributed by atoms with Crippen molar-refractivity contribution in [1.29, 1.82) is 0 Å². The van der Waals surface area contributed by atoms with Crippen molar-refractivity contribution in [2.75, 3.05) is 33.3 Å². The van der Waals surface area contributed by atoms with Gasteiger partial charge in [-0.2, -0.15) is 0 Å². The molecule has 2 heterocycles. The molecule has 1 N–H and O–H groups in total. The zero-order valence-electron chi connectivity index (χ0n) is 14.6. The Morgan fingerprint density at radius 3 is 2.72 bits per heavy atom. The van der Waals surface area contributed by atoms with E-state index in [9.17, 15) is 4.79 Å². The molecular formula is C18H25N5O2. The number of rotatable bonds is 7. The van der Waals surface area contributed by atoms with Crippen LogP contribution in [-0.2, 0) is 4.74 Å². The van der Waals surface area contributed by atoms with Crippen molar-refractivity contribution in [3.63, 3.8) is 0 Å². The summed E-state index contributed by atoms with van der Waals surface area (Å²) in [5.41, 5.74) is 1.38. The minimum absolute atomic E-state index is 0.0939. The summed E-state index contributed by atoms with van der Waals surface area (Å²) in [6.07, 6.45) is 6.53. The summed E-state index contributed by atoms with van der Waals surface area (Å²) in [6, 6.07) is 7.43. The summed E-state index contributed by atoms with van der Waals surface area (Å²) in [7, 11) is 2.14. The van der Waals surface area contributed by atoms with Gasteiger partial charge in [-0.25, -0.2) is 0 Å². The van der Waals surface area contributed by atoms with Crippen LogP contribution in [0.15, 0.2) is 36.9 Å². The first kappa shape index (κ1) is 17.6. The molecular weight excluding hydrogens is 318 g/mol. The van der Waals surface area contributed by atoms with Gasteiger partial charge in [-0.05, 0) is 38.4 Å². The van der Waals surface area contributed by atoms with E-state index in [1.165, 1.54) is 0 Å². The van der Waals surface area contributed by atoms with Gasteiger partial charge >= 0.3 is 0 Å². The molecule has 7 nitrogen and oxygen atoms in total. The fourth-order valence-corrected chi connectivity index (χ4v) is 2.99. The molecule has 0 aliphatic carbocycles. The van der Waals surface area contributed by atoms with Crippen molar-refractivity contribution >= 4 is 5.91 Å². The number of ether oxygens (including phenoxy) is 1. The number of amides is 1. The van der Waals surface area contributed by atoms with Crippen molar-refractivity contribution in [2.24, 2.45) is 0 Å². The van der Waals surface area contributed by atoms with Crippen LogP contribution in [0.1, 0.15) is 29.6 Å². The van der Waals surface area contributed by atoms with Gasteiger partial charge in [0.15, 0.2) is 0 Å². The predicted molar refractivity (Wildman–Crippen MR) is 94.8 cm³/mol. The van der Waals surface area contributed by atoms with E-state index in [0.29, 0.717) is 24.8 Å². The number of carbonyl (C=O) groups excluding carboxylic acids is 1. The second-order valence-corrected chi connectivity index (χ2v) is 6.37. The summed E-state index contributed by atoms with van der Waals surface area (Å²) in [5, 5.41) is 10.6. The number of piperidine rings is 1. The van der Waals surface area contributed by atoms with E-state index < -0.39 is 0 Å². The first-order valence-electron chi connectivity index (χ1n) is 8.76. The van der Waals surface area contributed by atoms with E-state index in [1.54, 1.807) is 23.3 Å². The van der Waals surface area contributed by atoms with Crippen LogP contribution in [0.5, 0.6) is 0 Å². The Labute approximate surface area is 148 Å². The maximum Gasteiger partial charge on any atom is 0.253 e. The third-order valence-corrected chi connectivity index (χ3v) is 4.47. The van der Waals surface area contributed by atoms with E-state index in [1.807, 2.05) is 18.2 Å². The molecule has 0 spiro atoms. The Balaban J connectivity index is 1.43. The van der Waals surface area contributed by atoms with Gasteiger partial charge < -0.3 is 15.0 Å². The van der Waals surface area contributed by atoms with Crippen LogP contribution in [0.4, 0.5) is 0 Å². The number of para-hydroxylation sites is 1. The van der Waals surface area contributed by atoms with E-state index >= 15 is 0 Å². The predicted octanol–water partition coefficient (Wildman–Crippen LogP) is 1.50. The lowest BCUT2D eigenvalue weighted by molar-refractivity contribution is 0.0117. The molecule has 1 aromatic heterocycles. The molecule has 0 atom stereocenters. The molecule has 134 valence electrons. The molecule has 3 rings (SSSR count). The monoisotopic (exact) mass is 343 g/mol. The largest absolute Gasteiger partial charge is 0.378 e. The van der Waals surface area contributed by atoms with Gasteiger partial charge in [-0.1, -0.05) is 12.1 Å². The van der Waals surface area contributed by atoms with Crippen molar-refractivity contribution in [3.05, 3.63) is 42.5 Å². The number of hydrogen-bond acceptors (Lipinski definition) is 5. The van der Waals surface area contributed by atoms with Crippen molar-refractivity contribution < 1.29 is 9.53 Å². The van der Waals surface area contributed by atoms with Crippen molar-refractivity contribution in [2.45, 2.75) is 25.4 Å². The van der Waals surface area contributed by atoms with Gasteiger partial charge in [-0.3, -0.25) is 9.36 Å². The second-order valence-electron chi connectivity index (χ2n) is 6.37. The van der Waals surface area contributed by atoms with Gasteiger partial charge in [-0.15, -0.1) is 10.2 Å². The van der Waals surface area contributed by atoms with Crippen molar-refractivity contribution in [3.8, 4) is 5.69 Å². The molecule has 2 aromatic rings. The van der Waals surface area contributed by atoms with Gasteiger partial charge in [0, 0.05) is 26.2 Å². The SMILES string of the molecule is CN1CCC(OCCCNC(=O)c2ccccc2-n2cnnc2)CC1. The lowest BCUT2D eigenvalue weighted by atomic mass is 10.1. The van der Waals surface area contributed by atoms with Crippen LogP contribution < -0.4 is 5.32 Å².